The van der Waals surface area contributed by atoms with Crippen molar-refractivity contribution >= 4 is 49.9 Å². The molecule has 1 N–H and O–H groups in total. The number of fused-ring (bicyclic) bond motifs is 2. The van der Waals surface area contributed by atoms with Crippen LogP contribution in [-0.4, -0.2) is 60.6 Å². The highest BCUT2D eigenvalue weighted by atomic mass is 35.5. The van der Waals surface area contributed by atoms with Gasteiger partial charge in [0.2, 0.25) is 0 Å². The molecule has 2 amide bonds. The van der Waals surface area contributed by atoms with Crippen LogP contribution in [0.2, 0.25) is 5.02 Å². The van der Waals surface area contributed by atoms with Gasteiger partial charge in [-0.3, -0.25) is 19.3 Å². The zero-order valence-corrected chi connectivity index (χ0v) is 24.3. The molecule has 0 unspecified atom stereocenters. The molecule has 0 saturated heterocycles. The molecular formula is C31H29ClN2O6S. The summed E-state index contributed by atoms with van der Waals surface area (Å²) in [4.78, 5) is 42.5. The van der Waals surface area contributed by atoms with E-state index in [-0.39, 0.29) is 23.4 Å². The second kappa shape index (κ2) is 11.5. The lowest BCUT2D eigenvalue weighted by atomic mass is 10.0. The second-order valence-electron chi connectivity index (χ2n) is 10.2. The highest BCUT2D eigenvalue weighted by Crippen LogP contribution is 2.28. The van der Waals surface area contributed by atoms with Gasteiger partial charge in [-0.05, 0) is 73.7 Å². The predicted octanol–water partition coefficient (Wildman–Crippen LogP) is 5.34. The number of imide groups is 1. The van der Waals surface area contributed by atoms with Gasteiger partial charge in [-0.15, -0.1) is 0 Å². The molecule has 0 fully saturated rings. The molecule has 0 spiro atoms. The van der Waals surface area contributed by atoms with Crippen LogP contribution in [0.3, 0.4) is 0 Å². The number of ketones is 1. The van der Waals surface area contributed by atoms with Crippen LogP contribution in [0.5, 0.6) is 5.75 Å². The first-order valence-corrected chi connectivity index (χ1v) is 15.4. The van der Waals surface area contributed by atoms with E-state index in [0.717, 1.165) is 32.5 Å². The number of aromatic nitrogens is 1. The minimum absolute atomic E-state index is 0.244. The van der Waals surface area contributed by atoms with E-state index in [1.807, 2.05) is 50.2 Å². The summed E-state index contributed by atoms with van der Waals surface area (Å²) in [5, 5.41) is 1.55. The van der Waals surface area contributed by atoms with Crippen molar-refractivity contribution in [2.45, 2.75) is 26.7 Å². The third-order valence-electron chi connectivity index (χ3n) is 7.20. The van der Waals surface area contributed by atoms with E-state index in [1.165, 1.54) is 12.1 Å². The van der Waals surface area contributed by atoms with Crippen molar-refractivity contribution in [3.63, 3.8) is 0 Å². The van der Waals surface area contributed by atoms with Crippen molar-refractivity contribution < 1.29 is 27.5 Å². The average molecular weight is 593 g/mol. The van der Waals surface area contributed by atoms with Crippen LogP contribution in [0.4, 0.5) is 0 Å². The fraction of sp³-hybridized carbons (Fsp3) is 0.258. The van der Waals surface area contributed by atoms with Gasteiger partial charge in [0.25, 0.3) is 11.8 Å². The van der Waals surface area contributed by atoms with E-state index >= 15 is 0 Å². The SMILES string of the molecule is Cc1cc(OCCCc2c(C(=O)CS(=O)(=O)CCN3C(=O)c4ccccc4C3=O)[nH]c3ccccc23)cc(C)c1Cl. The van der Waals surface area contributed by atoms with E-state index in [4.69, 9.17) is 16.3 Å². The Morgan fingerprint density at radius 2 is 1.56 bits per heavy atom. The summed E-state index contributed by atoms with van der Waals surface area (Å²) in [6.45, 7) is 3.91. The van der Waals surface area contributed by atoms with E-state index in [1.54, 1.807) is 12.1 Å². The summed E-state index contributed by atoms with van der Waals surface area (Å²) in [6.07, 6.45) is 1.08. The quantitative estimate of drug-likeness (QED) is 0.143. The number of sulfone groups is 1. The fourth-order valence-electron chi connectivity index (χ4n) is 5.14. The summed E-state index contributed by atoms with van der Waals surface area (Å²) >= 11 is 6.25. The van der Waals surface area contributed by atoms with Gasteiger partial charge in [-0.25, -0.2) is 8.42 Å². The zero-order valence-electron chi connectivity index (χ0n) is 22.7. The van der Waals surface area contributed by atoms with Crippen LogP contribution in [0, 0.1) is 13.8 Å². The molecule has 0 bridgehead atoms. The number of hydrogen-bond donors (Lipinski definition) is 1. The smallest absolute Gasteiger partial charge is 0.261 e. The first kappa shape index (κ1) is 28.6. The summed E-state index contributed by atoms with van der Waals surface area (Å²) < 4.78 is 31.9. The zero-order chi connectivity index (χ0) is 29.3. The van der Waals surface area contributed by atoms with Gasteiger partial charge in [0.05, 0.1) is 29.2 Å². The van der Waals surface area contributed by atoms with Crippen molar-refractivity contribution in [3.8, 4) is 5.75 Å². The molecule has 8 nitrogen and oxygen atoms in total. The molecular weight excluding hydrogens is 564 g/mol. The summed E-state index contributed by atoms with van der Waals surface area (Å²) in [6, 6.07) is 17.5. The van der Waals surface area contributed by atoms with Crippen molar-refractivity contribution in [1.82, 2.24) is 9.88 Å². The molecule has 10 heteroatoms. The number of carbonyl (C=O) groups is 3. The Morgan fingerprint density at radius 3 is 2.22 bits per heavy atom. The molecule has 2 heterocycles. The Balaban J connectivity index is 1.25. The van der Waals surface area contributed by atoms with Gasteiger partial charge in [0, 0.05) is 22.5 Å². The standard InChI is InChI=1S/C31H29ClN2O6S/c1-19-16-21(17-20(2)28(19)32)40-14-7-11-23-22-8-5-6-12-26(22)33-29(23)27(35)18-41(38,39)15-13-34-30(36)24-9-3-4-10-25(24)31(34)37/h3-6,8-10,12,16-17,33H,7,11,13-15,18H2,1-2H3. The van der Waals surface area contributed by atoms with Gasteiger partial charge in [0.1, 0.15) is 11.5 Å². The molecule has 41 heavy (non-hydrogen) atoms. The lowest BCUT2D eigenvalue weighted by Gasteiger charge is -2.13. The minimum atomic E-state index is -3.93. The molecule has 1 aromatic heterocycles. The molecule has 0 aliphatic carbocycles. The number of nitrogens with one attached hydrogen (secondary N) is 1. The summed E-state index contributed by atoms with van der Waals surface area (Å²) in [5.74, 6) is -2.16. The van der Waals surface area contributed by atoms with Crippen LogP contribution in [-0.2, 0) is 16.3 Å². The van der Waals surface area contributed by atoms with Crippen molar-refractivity contribution in [2.75, 3.05) is 24.7 Å². The Hall–Kier alpha value is -3.95. The largest absolute Gasteiger partial charge is 0.494 e. The summed E-state index contributed by atoms with van der Waals surface area (Å²) in [7, 11) is -3.93. The number of amides is 2. The molecule has 4 aromatic rings. The van der Waals surface area contributed by atoms with E-state index < -0.39 is 38.9 Å². The number of hydrogen-bond acceptors (Lipinski definition) is 6. The topological polar surface area (TPSA) is 114 Å². The number of H-pyrrole nitrogens is 1. The number of ether oxygens (including phenoxy) is 1. The Kier molecular flexibility index (Phi) is 8.02. The molecule has 0 atom stereocenters. The number of aryl methyl sites for hydroxylation is 3. The van der Waals surface area contributed by atoms with E-state index in [0.29, 0.717) is 30.2 Å². The van der Waals surface area contributed by atoms with Crippen LogP contribution >= 0.6 is 11.6 Å². The number of Topliss-reactive ketones (excluding diaryl/α,β-unsaturated/α-hetero) is 1. The third-order valence-corrected chi connectivity index (χ3v) is 9.30. The van der Waals surface area contributed by atoms with Crippen molar-refractivity contribution in [1.29, 1.82) is 0 Å². The van der Waals surface area contributed by atoms with Gasteiger partial charge < -0.3 is 9.72 Å². The highest BCUT2D eigenvalue weighted by molar-refractivity contribution is 7.92. The Morgan fingerprint density at radius 1 is 0.951 bits per heavy atom. The fourth-order valence-corrected chi connectivity index (χ4v) is 6.40. The minimum Gasteiger partial charge on any atom is -0.494 e. The summed E-state index contributed by atoms with van der Waals surface area (Å²) in [5.41, 5.74) is 4.06. The van der Waals surface area contributed by atoms with Crippen LogP contribution in [0.1, 0.15) is 54.3 Å². The number of nitrogens with zero attached hydrogens (tertiary/aromatic N) is 1. The monoisotopic (exact) mass is 592 g/mol. The van der Waals surface area contributed by atoms with E-state index in [2.05, 4.69) is 4.98 Å². The maximum Gasteiger partial charge on any atom is 0.261 e. The molecule has 0 radical (unpaired) electrons. The second-order valence-corrected chi connectivity index (χ2v) is 12.7. The first-order valence-electron chi connectivity index (χ1n) is 13.2. The maximum absolute atomic E-state index is 13.3. The van der Waals surface area contributed by atoms with Crippen LogP contribution < -0.4 is 4.74 Å². The first-order chi connectivity index (χ1) is 19.6. The number of aromatic amines is 1. The van der Waals surface area contributed by atoms with E-state index in [9.17, 15) is 22.8 Å². The molecule has 1 aliphatic heterocycles. The van der Waals surface area contributed by atoms with Crippen molar-refractivity contribution in [3.05, 3.63) is 99.2 Å². The number of carbonyl (C=O) groups excluding carboxylic acids is 3. The third kappa shape index (κ3) is 5.92. The Bertz CT molecular complexity index is 1740. The molecule has 3 aromatic carbocycles. The molecule has 212 valence electrons. The molecule has 5 rings (SSSR count). The Labute approximate surface area is 243 Å². The van der Waals surface area contributed by atoms with Gasteiger partial charge in [-0.2, -0.15) is 0 Å². The van der Waals surface area contributed by atoms with Crippen LogP contribution in [0.25, 0.3) is 10.9 Å². The van der Waals surface area contributed by atoms with Crippen LogP contribution in [0.15, 0.2) is 60.7 Å². The van der Waals surface area contributed by atoms with Gasteiger partial charge in [-0.1, -0.05) is 41.9 Å². The highest BCUT2D eigenvalue weighted by Gasteiger charge is 2.36. The normalized spacial score (nSPS) is 13.2. The number of benzene rings is 3. The van der Waals surface area contributed by atoms with Gasteiger partial charge >= 0.3 is 0 Å². The lowest BCUT2D eigenvalue weighted by Crippen LogP contribution is -2.35. The van der Waals surface area contributed by atoms with Crippen molar-refractivity contribution in [2.24, 2.45) is 0 Å². The van der Waals surface area contributed by atoms with Gasteiger partial charge in [0.15, 0.2) is 15.6 Å². The molecule has 0 saturated carbocycles. The average Bonchev–Trinajstić information content (AvgIpc) is 3.43. The number of para-hydroxylation sites is 1. The number of halogens is 1. The molecule has 1 aliphatic rings. The lowest BCUT2D eigenvalue weighted by molar-refractivity contribution is 0.0664. The maximum atomic E-state index is 13.3. The predicted molar refractivity (Wildman–Crippen MR) is 158 cm³/mol. The number of rotatable bonds is 11.